The number of anilines is 2. The van der Waals surface area contributed by atoms with Crippen molar-refractivity contribution in [3.63, 3.8) is 0 Å². The van der Waals surface area contributed by atoms with Gasteiger partial charge in [0.1, 0.15) is 5.69 Å². The Morgan fingerprint density at radius 1 is 1.56 bits per heavy atom. The molecule has 5 heteroatoms. The van der Waals surface area contributed by atoms with Crippen LogP contribution in [0.15, 0.2) is 12.3 Å². The third kappa shape index (κ3) is 2.76. The molecule has 0 saturated heterocycles. The molecule has 1 rings (SSSR count). The van der Waals surface area contributed by atoms with Gasteiger partial charge in [-0.25, -0.2) is 4.98 Å². The lowest BCUT2D eigenvalue weighted by molar-refractivity contribution is 0.399. The van der Waals surface area contributed by atoms with Gasteiger partial charge in [0.15, 0.2) is 0 Å². The van der Waals surface area contributed by atoms with Crippen LogP contribution in [0.25, 0.3) is 0 Å². The van der Waals surface area contributed by atoms with E-state index < -0.39 is 0 Å². The number of rotatable bonds is 5. The Bertz CT molecular complexity index is 341. The van der Waals surface area contributed by atoms with Crippen molar-refractivity contribution in [1.82, 2.24) is 4.98 Å². The van der Waals surface area contributed by atoms with Gasteiger partial charge in [-0.05, 0) is 13.0 Å². The number of methoxy groups -OCH3 is 1. The van der Waals surface area contributed by atoms with Crippen LogP contribution >= 0.6 is 0 Å². The van der Waals surface area contributed by atoms with E-state index in [1.807, 2.05) is 32.0 Å². The summed E-state index contributed by atoms with van der Waals surface area (Å²) >= 11 is 0. The summed E-state index contributed by atoms with van der Waals surface area (Å²) in [6.45, 7) is 2.58. The highest BCUT2D eigenvalue weighted by molar-refractivity contribution is 5.74. The van der Waals surface area contributed by atoms with Gasteiger partial charge in [-0.1, -0.05) is 0 Å². The fourth-order valence-electron chi connectivity index (χ4n) is 1.40. The number of aromatic nitrogens is 1. The van der Waals surface area contributed by atoms with Gasteiger partial charge in [-0.15, -0.1) is 0 Å². The van der Waals surface area contributed by atoms with Gasteiger partial charge in [-0.3, -0.25) is 0 Å². The van der Waals surface area contributed by atoms with Crippen molar-refractivity contribution in [3.8, 4) is 5.88 Å². The van der Waals surface area contributed by atoms with E-state index in [0.717, 1.165) is 11.4 Å². The summed E-state index contributed by atoms with van der Waals surface area (Å²) in [7, 11) is 5.57. The van der Waals surface area contributed by atoms with Crippen LogP contribution in [0, 0.1) is 0 Å². The maximum atomic E-state index is 5.60. The molecule has 0 amide bonds. The molecule has 0 spiro atoms. The molecule has 0 radical (unpaired) electrons. The van der Waals surface area contributed by atoms with Gasteiger partial charge < -0.3 is 20.7 Å². The molecule has 0 fully saturated rings. The van der Waals surface area contributed by atoms with Gasteiger partial charge in [0.25, 0.3) is 0 Å². The molecule has 0 aliphatic carbocycles. The monoisotopic (exact) mass is 224 g/mol. The molecule has 1 unspecified atom stereocenters. The number of hydrogen-bond donors (Lipinski definition) is 2. The van der Waals surface area contributed by atoms with Crippen LogP contribution in [-0.4, -0.2) is 38.8 Å². The third-order valence-electron chi connectivity index (χ3n) is 2.31. The van der Waals surface area contributed by atoms with Crippen LogP contribution in [0.5, 0.6) is 5.88 Å². The van der Waals surface area contributed by atoms with Crippen molar-refractivity contribution < 1.29 is 4.74 Å². The first-order valence-electron chi connectivity index (χ1n) is 5.27. The Morgan fingerprint density at radius 2 is 2.25 bits per heavy atom. The highest BCUT2D eigenvalue weighted by atomic mass is 16.5. The molecule has 1 aromatic heterocycles. The lowest BCUT2D eigenvalue weighted by atomic mass is 10.2. The van der Waals surface area contributed by atoms with E-state index in [1.165, 1.54) is 0 Å². The first kappa shape index (κ1) is 12.6. The number of nitrogens with one attached hydrogen (secondary N) is 1. The molecule has 0 aromatic carbocycles. The number of hydrogen-bond acceptors (Lipinski definition) is 5. The highest BCUT2D eigenvalue weighted by Crippen LogP contribution is 2.32. The maximum absolute atomic E-state index is 5.60. The standard InChI is InChI=1S/C11H20N4O/c1-8(7-12)14-10-9(15(2)3)5-6-13-11(10)16-4/h5-6,8,14H,7,12H2,1-4H3. The van der Waals surface area contributed by atoms with Crippen molar-refractivity contribution >= 4 is 11.4 Å². The number of nitrogens with zero attached hydrogens (tertiary/aromatic N) is 2. The molecule has 1 aromatic rings. The normalized spacial score (nSPS) is 12.1. The van der Waals surface area contributed by atoms with Crippen molar-refractivity contribution in [3.05, 3.63) is 12.3 Å². The van der Waals surface area contributed by atoms with E-state index in [2.05, 4.69) is 10.3 Å². The van der Waals surface area contributed by atoms with Gasteiger partial charge in [-0.2, -0.15) is 0 Å². The van der Waals surface area contributed by atoms with E-state index in [0.29, 0.717) is 12.4 Å². The molecule has 0 saturated carbocycles. The van der Waals surface area contributed by atoms with Crippen molar-refractivity contribution in [2.75, 3.05) is 38.0 Å². The summed E-state index contributed by atoms with van der Waals surface area (Å²) in [5, 5.41) is 3.31. The van der Waals surface area contributed by atoms with Gasteiger partial charge >= 0.3 is 0 Å². The Kier molecular flexibility index (Phi) is 4.37. The number of ether oxygens (including phenoxy) is 1. The van der Waals surface area contributed by atoms with E-state index in [4.69, 9.17) is 10.5 Å². The lowest BCUT2D eigenvalue weighted by Crippen LogP contribution is -2.26. The van der Waals surface area contributed by atoms with Crippen LogP contribution < -0.4 is 20.7 Å². The molecule has 3 N–H and O–H groups in total. The highest BCUT2D eigenvalue weighted by Gasteiger charge is 2.13. The van der Waals surface area contributed by atoms with Gasteiger partial charge in [0, 0.05) is 32.9 Å². The fourth-order valence-corrected chi connectivity index (χ4v) is 1.40. The second kappa shape index (κ2) is 5.55. The Morgan fingerprint density at radius 3 is 2.75 bits per heavy atom. The summed E-state index contributed by atoms with van der Waals surface area (Å²) < 4.78 is 5.24. The average Bonchev–Trinajstić information content (AvgIpc) is 2.28. The zero-order valence-electron chi connectivity index (χ0n) is 10.3. The van der Waals surface area contributed by atoms with Crippen molar-refractivity contribution in [1.29, 1.82) is 0 Å². The predicted octanol–water partition coefficient (Wildman–Crippen LogP) is 0.915. The summed E-state index contributed by atoms with van der Waals surface area (Å²) in [4.78, 5) is 6.19. The molecule has 90 valence electrons. The van der Waals surface area contributed by atoms with E-state index in [1.54, 1.807) is 13.3 Å². The molecule has 0 bridgehead atoms. The third-order valence-corrected chi connectivity index (χ3v) is 2.31. The largest absolute Gasteiger partial charge is 0.479 e. The SMILES string of the molecule is COc1nccc(N(C)C)c1NC(C)CN. The first-order chi connectivity index (χ1) is 7.60. The average molecular weight is 224 g/mol. The topological polar surface area (TPSA) is 63.4 Å². The molecule has 16 heavy (non-hydrogen) atoms. The van der Waals surface area contributed by atoms with Crippen molar-refractivity contribution in [2.24, 2.45) is 5.73 Å². The zero-order valence-corrected chi connectivity index (χ0v) is 10.3. The maximum Gasteiger partial charge on any atom is 0.239 e. The quantitative estimate of drug-likeness (QED) is 0.778. The molecule has 5 nitrogen and oxygen atoms in total. The van der Waals surface area contributed by atoms with Crippen LogP contribution in [0.2, 0.25) is 0 Å². The summed E-state index contributed by atoms with van der Waals surface area (Å²) in [5.41, 5.74) is 7.52. The van der Waals surface area contributed by atoms with E-state index >= 15 is 0 Å². The Labute approximate surface area is 96.6 Å². The van der Waals surface area contributed by atoms with Gasteiger partial charge in [0.05, 0.1) is 12.8 Å². The summed E-state index contributed by atoms with van der Waals surface area (Å²) in [6, 6.07) is 2.12. The predicted molar refractivity (Wildman–Crippen MR) is 67.3 cm³/mol. The molecule has 0 aliphatic rings. The minimum atomic E-state index is 0.178. The van der Waals surface area contributed by atoms with Crippen LogP contribution in [-0.2, 0) is 0 Å². The second-order valence-electron chi connectivity index (χ2n) is 3.89. The first-order valence-corrected chi connectivity index (χ1v) is 5.27. The van der Waals surface area contributed by atoms with E-state index in [-0.39, 0.29) is 6.04 Å². The van der Waals surface area contributed by atoms with Crippen LogP contribution in [0.3, 0.4) is 0 Å². The fraction of sp³-hybridized carbons (Fsp3) is 0.545. The van der Waals surface area contributed by atoms with Crippen LogP contribution in [0.4, 0.5) is 11.4 Å². The molecule has 0 aliphatic heterocycles. The van der Waals surface area contributed by atoms with Crippen molar-refractivity contribution in [2.45, 2.75) is 13.0 Å². The molecule has 1 heterocycles. The second-order valence-corrected chi connectivity index (χ2v) is 3.89. The Hall–Kier alpha value is -1.49. The molecular weight excluding hydrogens is 204 g/mol. The number of nitrogens with two attached hydrogens (primary N) is 1. The van der Waals surface area contributed by atoms with Crippen LogP contribution in [0.1, 0.15) is 6.92 Å². The lowest BCUT2D eigenvalue weighted by Gasteiger charge is -2.22. The molecule has 1 atom stereocenters. The summed E-state index contributed by atoms with van der Waals surface area (Å²) in [5.74, 6) is 0.589. The Balaban J connectivity index is 3.09. The van der Waals surface area contributed by atoms with Gasteiger partial charge in [0.2, 0.25) is 5.88 Å². The summed E-state index contributed by atoms with van der Waals surface area (Å²) in [6.07, 6.45) is 1.73. The number of pyridine rings is 1. The smallest absolute Gasteiger partial charge is 0.239 e. The van der Waals surface area contributed by atoms with E-state index in [9.17, 15) is 0 Å². The minimum absolute atomic E-state index is 0.178. The zero-order chi connectivity index (χ0) is 12.1. The molecular formula is C11H20N4O. The minimum Gasteiger partial charge on any atom is -0.479 e.